The molecule has 7 heteroatoms. The Kier molecular flexibility index (Phi) is 4.85. The quantitative estimate of drug-likeness (QED) is 0.776. The van der Waals surface area contributed by atoms with Gasteiger partial charge in [-0.25, -0.2) is 9.78 Å². The van der Waals surface area contributed by atoms with E-state index in [0.29, 0.717) is 23.1 Å². The summed E-state index contributed by atoms with van der Waals surface area (Å²) in [6.07, 6.45) is 3.26. The molecular formula is C18H22N4O3. The van der Waals surface area contributed by atoms with Crippen LogP contribution >= 0.6 is 0 Å². The molecule has 2 aliphatic rings. The largest absolute Gasteiger partial charge is 0.506 e. The van der Waals surface area contributed by atoms with Crippen LogP contribution in [-0.4, -0.2) is 34.3 Å². The zero-order valence-corrected chi connectivity index (χ0v) is 13.1. The number of anilines is 1. The van der Waals surface area contributed by atoms with Crippen molar-refractivity contribution in [3.8, 4) is 17.1 Å². The summed E-state index contributed by atoms with van der Waals surface area (Å²) in [6.45, 7) is 2.11. The average molecular weight is 342 g/mol. The van der Waals surface area contributed by atoms with E-state index in [1.807, 2.05) is 6.07 Å². The number of rotatable bonds is 2. The van der Waals surface area contributed by atoms with Crippen molar-refractivity contribution in [1.29, 1.82) is 0 Å². The Hall–Kier alpha value is -2.67. The van der Waals surface area contributed by atoms with Crippen LogP contribution in [0.25, 0.3) is 11.4 Å². The van der Waals surface area contributed by atoms with Gasteiger partial charge >= 0.3 is 6.09 Å². The highest BCUT2D eigenvalue weighted by atomic mass is 16.5. The van der Waals surface area contributed by atoms with Crippen LogP contribution in [-0.2, 0) is 11.3 Å². The third-order valence-electron chi connectivity index (χ3n) is 4.49. The number of aromatic hydroxyl groups is 1. The SMILES string of the molecule is C.O=C1Nc2nc(-c3ncccc3O)cc(C3CCCNC3)c2CO1. The molecular weight excluding hydrogens is 320 g/mol. The standard InChI is InChI=1S/C17H18N4O3.CH4/c22-14-4-2-6-19-15(14)13-7-11(10-3-1-5-18-8-10)12-9-24-17(23)21-16(12)20-13;/h2,4,6-7,10,18,22H,1,3,5,8-9H2,(H,20,21,23);1H4. The second kappa shape index (κ2) is 7.06. The molecule has 0 aliphatic carbocycles. The summed E-state index contributed by atoms with van der Waals surface area (Å²) in [5.41, 5.74) is 2.95. The first-order chi connectivity index (χ1) is 11.7. The lowest BCUT2D eigenvalue weighted by Crippen LogP contribution is -2.30. The molecule has 2 aromatic rings. The molecule has 2 aliphatic heterocycles. The van der Waals surface area contributed by atoms with E-state index in [1.165, 1.54) is 0 Å². The maximum Gasteiger partial charge on any atom is 0.413 e. The first kappa shape index (κ1) is 17.2. The summed E-state index contributed by atoms with van der Waals surface area (Å²) in [5, 5.41) is 16.2. The number of aromatic nitrogens is 2. The summed E-state index contributed by atoms with van der Waals surface area (Å²) in [6, 6.07) is 5.20. The topological polar surface area (TPSA) is 96.4 Å². The van der Waals surface area contributed by atoms with Crippen LogP contribution in [0.2, 0.25) is 0 Å². The number of cyclic esters (lactones) is 1. The van der Waals surface area contributed by atoms with Crippen LogP contribution in [0.1, 0.15) is 37.3 Å². The molecule has 1 fully saturated rings. The van der Waals surface area contributed by atoms with E-state index in [9.17, 15) is 9.90 Å². The number of carbonyl (C=O) groups is 1. The molecule has 1 unspecified atom stereocenters. The second-order valence-corrected chi connectivity index (χ2v) is 6.04. The van der Waals surface area contributed by atoms with E-state index in [2.05, 4.69) is 20.6 Å². The number of amides is 1. The van der Waals surface area contributed by atoms with Gasteiger partial charge in [-0.3, -0.25) is 10.3 Å². The molecule has 2 aromatic heterocycles. The zero-order chi connectivity index (χ0) is 16.5. The fraction of sp³-hybridized carbons (Fsp3) is 0.389. The van der Waals surface area contributed by atoms with Crippen molar-refractivity contribution in [3.05, 3.63) is 35.5 Å². The van der Waals surface area contributed by atoms with Crippen molar-refractivity contribution in [2.75, 3.05) is 18.4 Å². The Labute approximate surface area is 146 Å². The number of fused-ring (bicyclic) bond motifs is 1. The third-order valence-corrected chi connectivity index (χ3v) is 4.49. The molecule has 4 rings (SSSR count). The van der Waals surface area contributed by atoms with E-state index >= 15 is 0 Å². The number of carbonyl (C=O) groups excluding carboxylic acids is 1. The van der Waals surface area contributed by atoms with E-state index in [1.54, 1.807) is 18.3 Å². The minimum atomic E-state index is -0.509. The van der Waals surface area contributed by atoms with E-state index in [-0.39, 0.29) is 19.8 Å². The summed E-state index contributed by atoms with van der Waals surface area (Å²) in [4.78, 5) is 20.3. The summed E-state index contributed by atoms with van der Waals surface area (Å²) < 4.78 is 5.13. The van der Waals surface area contributed by atoms with Crippen LogP contribution in [0.3, 0.4) is 0 Å². The van der Waals surface area contributed by atoms with Gasteiger partial charge in [0.1, 0.15) is 23.9 Å². The number of nitrogens with zero attached hydrogens (tertiary/aromatic N) is 2. The van der Waals surface area contributed by atoms with Crippen molar-refractivity contribution in [2.24, 2.45) is 0 Å². The molecule has 0 bridgehead atoms. The first-order valence-corrected chi connectivity index (χ1v) is 8.05. The van der Waals surface area contributed by atoms with Gasteiger partial charge in [-0.15, -0.1) is 0 Å². The Morgan fingerprint density at radius 2 is 2.24 bits per heavy atom. The molecule has 3 N–H and O–H groups in total. The molecule has 0 saturated carbocycles. The van der Waals surface area contributed by atoms with Gasteiger partial charge in [-0.2, -0.15) is 0 Å². The fourth-order valence-electron chi connectivity index (χ4n) is 3.31. The summed E-state index contributed by atoms with van der Waals surface area (Å²) in [5.74, 6) is 0.879. The lowest BCUT2D eigenvalue weighted by atomic mass is 9.88. The maximum atomic E-state index is 11.6. The second-order valence-electron chi connectivity index (χ2n) is 6.04. The van der Waals surface area contributed by atoms with Crippen molar-refractivity contribution in [2.45, 2.75) is 32.8 Å². The molecule has 0 radical (unpaired) electrons. The number of hydrogen-bond acceptors (Lipinski definition) is 6. The highest BCUT2D eigenvalue weighted by Gasteiger charge is 2.27. The van der Waals surface area contributed by atoms with Gasteiger partial charge in [-0.1, -0.05) is 7.43 Å². The minimum Gasteiger partial charge on any atom is -0.506 e. The third kappa shape index (κ3) is 3.28. The Morgan fingerprint density at radius 1 is 1.36 bits per heavy atom. The number of hydrogen-bond donors (Lipinski definition) is 3. The van der Waals surface area contributed by atoms with Crippen LogP contribution in [0.4, 0.5) is 10.6 Å². The minimum absolute atomic E-state index is 0. The molecule has 1 saturated heterocycles. The number of piperidine rings is 1. The van der Waals surface area contributed by atoms with Gasteiger partial charge in [0.25, 0.3) is 0 Å². The predicted molar refractivity (Wildman–Crippen MR) is 94.5 cm³/mol. The lowest BCUT2D eigenvalue weighted by molar-refractivity contribution is 0.150. The lowest BCUT2D eigenvalue weighted by Gasteiger charge is -2.28. The molecule has 132 valence electrons. The fourth-order valence-corrected chi connectivity index (χ4v) is 3.31. The first-order valence-electron chi connectivity index (χ1n) is 8.05. The van der Waals surface area contributed by atoms with Crippen molar-refractivity contribution >= 4 is 11.9 Å². The number of nitrogens with one attached hydrogen (secondary N) is 2. The zero-order valence-electron chi connectivity index (χ0n) is 13.1. The molecule has 4 heterocycles. The summed E-state index contributed by atoms with van der Waals surface area (Å²) in [7, 11) is 0. The van der Waals surface area contributed by atoms with Crippen LogP contribution < -0.4 is 10.6 Å². The number of ether oxygens (including phenoxy) is 1. The van der Waals surface area contributed by atoms with Gasteiger partial charge in [0, 0.05) is 18.3 Å². The number of pyridine rings is 2. The van der Waals surface area contributed by atoms with E-state index < -0.39 is 6.09 Å². The Bertz CT molecular complexity index is 788. The predicted octanol–water partition coefficient (Wildman–Crippen LogP) is 3.01. The van der Waals surface area contributed by atoms with Crippen LogP contribution in [0, 0.1) is 0 Å². The Morgan fingerprint density at radius 3 is 3.00 bits per heavy atom. The van der Waals surface area contributed by atoms with Crippen molar-refractivity contribution in [1.82, 2.24) is 15.3 Å². The highest BCUT2D eigenvalue weighted by molar-refractivity contribution is 5.87. The molecule has 0 spiro atoms. The maximum absolute atomic E-state index is 11.6. The highest BCUT2D eigenvalue weighted by Crippen LogP contribution is 2.36. The normalized spacial score (nSPS) is 19.2. The monoisotopic (exact) mass is 342 g/mol. The van der Waals surface area contributed by atoms with Crippen molar-refractivity contribution in [3.63, 3.8) is 0 Å². The van der Waals surface area contributed by atoms with Gasteiger partial charge in [0.15, 0.2) is 0 Å². The average Bonchev–Trinajstić information content (AvgIpc) is 2.61. The van der Waals surface area contributed by atoms with E-state index in [4.69, 9.17) is 4.74 Å². The molecule has 0 aromatic carbocycles. The van der Waals surface area contributed by atoms with Gasteiger partial charge in [0.2, 0.25) is 0 Å². The molecule has 7 nitrogen and oxygen atoms in total. The van der Waals surface area contributed by atoms with Crippen LogP contribution in [0.5, 0.6) is 5.75 Å². The molecule has 1 amide bonds. The van der Waals surface area contributed by atoms with Crippen LogP contribution in [0.15, 0.2) is 24.4 Å². The molecule has 1 atom stereocenters. The smallest absolute Gasteiger partial charge is 0.413 e. The van der Waals surface area contributed by atoms with E-state index in [0.717, 1.165) is 37.1 Å². The molecule has 25 heavy (non-hydrogen) atoms. The summed E-state index contributed by atoms with van der Waals surface area (Å²) >= 11 is 0. The Balaban J connectivity index is 0.00000182. The van der Waals surface area contributed by atoms with Gasteiger partial charge in [0.05, 0.1) is 5.69 Å². The van der Waals surface area contributed by atoms with Gasteiger partial charge < -0.3 is 15.2 Å². The van der Waals surface area contributed by atoms with Gasteiger partial charge in [-0.05, 0) is 49.1 Å². The van der Waals surface area contributed by atoms with Crippen molar-refractivity contribution < 1.29 is 14.6 Å².